The molecule has 6 nitrogen and oxygen atoms in total. The maximum absolute atomic E-state index is 11.9. The molecule has 3 N–H and O–H groups in total. The molecule has 0 aliphatic carbocycles. The molecule has 0 radical (unpaired) electrons. The van der Waals surface area contributed by atoms with Gasteiger partial charge in [0.1, 0.15) is 11.6 Å². The molecule has 7 heteroatoms. The second-order valence-electron chi connectivity index (χ2n) is 3.49. The number of aromatic nitrogens is 2. The Kier molecular flexibility index (Phi) is 2.76. The van der Waals surface area contributed by atoms with Crippen LogP contribution in [0.1, 0.15) is 5.82 Å². The van der Waals surface area contributed by atoms with E-state index >= 15 is 0 Å². The second-order valence-corrected chi connectivity index (χ2v) is 5.14. The molecular weight excluding hydrogens is 242 g/mol. The van der Waals surface area contributed by atoms with E-state index in [9.17, 15) is 8.42 Å². The lowest BCUT2D eigenvalue weighted by Crippen LogP contribution is -2.13. The van der Waals surface area contributed by atoms with E-state index in [0.29, 0.717) is 11.5 Å². The van der Waals surface area contributed by atoms with Crippen LogP contribution in [0.4, 0.5) is 5.69 Å². The van der Waals surface area contributed by atoms with Crippen molar-refractivity contribution in [2.24, 2.45) is 0 Å². The van der Waals surface area contributed by atoms with E-state index < -0.39 is 10.0 Å². The van der Waals surface area contributed by atoms with Crippen molar-refractivity contribution in [2.45, 2.75) is 11.9 Å². The Morgan fingerprint density at radius 3 is 2.47 bits per heavy atom. The Bertz CT molecular complexity index is 617. The van der Waals surface area contributed by atoms with Crippen molar-refractivity contribution in [3.63, 3.8) is 0 Å². The number of sulfonamides is 1. The van der Waals surface area contributed by atoms with Crippen LogP contribution in [-0.4, -0.2) is 23.5 Å². The van der Waals surface area contributed by atoms with Gasteiger partial charge in [0.25, 0.3) is 10.0 Å². The molecule has 1 heterocycles. The lowest BCUT2D eigenvalue weighted by atomic mass is 10.3. The van der Waals surface area contributed by atoms with Crippen molar-refractivity contribution in [3.8, 4) is 5.75 Å². The highest BCUT2D eigenvalue weighted by atomic mass is 32.2. The fourth-order valence-electron chi connectivity index (χ4n) is 1.27. The highest BCUT2D eigenvalue weighted by Gasteiger charge is 2.16. The van der Waals surface area contributed by atoms with E-state index in [4.69, 9.17) is 5.11 Å². The van der Waals surface area contributed by atoms with Crippen molar-refractivity contribution < 1.29 is 13.5 Å². The van der Waals surface area contributed by atoms with E-state index in [0.717, 1.165) is 0 Å². The Morgan fingerprint density at radius 2 is 1.94 bits per heavy atom. The summed E-state index contributed by atoms with van der Waals surface area (Å²) in [5.41, 5.74) is 0.370. The van der Waals surface area contributed by atoms with Gasteiger partial charge in [0.15, 0.2) is 5.03 Å². The molecule has 0 saturated carbocycles. The number of aromatic amines is 1. The molecule has 0 aliphatic rings. The van der Waals surface area contributed by atoms with Gasteiger partial charge in [-0.1, -0.05) is 0 Å². The van der Waals surface area contributed by atoms with Crippen LogP contribution in [-0.2, 0) is 10.0 Å². The number of hydrogen-bond donors (Lipinski definition) is 3. The zero-order valence-corrected chi connectivity index (χ0v) is 9.82. The Labute approximate surface area is 98.4 Å². The maximum atomic E-state index is 11.9. The molecule has 0 bridgehead atoms. The zero-order valence-electron chi connectivity index (χ0n) is 9.01. The van der Waals surface area contributed by atoms with E-state index in [2.05, 4.69) is 14.7 Å². The van der Waals surface area contributed by atoms with Crippen molar-refractivity contribution in [2.75, 3.05) is 4.72 Å². The van der Waals surface area contributed by atoms with Gasteiger partial charge in [-0.2, -0.15) is 8.42 Å². The number of phenolic OH excluding ortho intramolecular Hbond substituents is 1. The topological polar surface area (TPSA) is 95.1 Å². The number of H-pyrrole nitrogens is 1. The minimum absolute atomic E-state index is 0.00285. The molecule has 2 rings (SSSR count). The number of aromatic hydroxyl groups is 1. The number of phenols is 1. The summed E-state index contributed by atoms with van der Waals surface area (Å²) in [7, 11) is -3.66. The molecule has 0 aliphatic heterocycles. The first-order valence-corrected chi connectivity index (χ1v) is 6.29. The third-order valence-electron chi connectivity index (χ3n) is 2.09. The van der Waals surface area contributed by atoms with Gasteiger partial charge in [0.05, 0.1) is 6.20 Å². The molecule has 2 aromatic rings. The van der Waals surface area contributed by atoms with E-state index in [-0.39, 0.29) is 10.8 Å². The van der Waals surface area contributed by atoms with Gasteiger partial charge in [-0.15, -0.1) is 0 Å². The van der Waals surface area contributed by atoms with Gasteiger partial charge in [-0.05, 0) is 31.2 Å². The van der Waals surface area contributed by atoms with Crippen LogP contribution < -0.4 is 4.72 Å². The summed E-state index contributed by atoms with van der Waals surface area (Å²) in [4.78, 5) is 6.46. The third-order valence-corrected chi connectivity index (χ3v) is 3.38. The van der Waals surface area contributed by atoms with Crippen LogP contribution in [0.25, 0.3) is 0 Å². The first kappa shape index (κ1) is 11.5. The number of aryl methyl sites for hydroxylation is 1. The van der Waals surface area contributed by atoms with Crippen LogP contribution in [0.3, 0.4) is 0 Å². The first-order valence-electron chi connectivity index (χ1n) is 4.81. The van der Waals surface area contributed by atoms with Crippen molar-refractivity contribution in [3.05, 3.63) is 36.3 Å². The summed E-state index contributed by atoms with van der Waals surface area (Å²) in [6, 6.07) is 5.73. The third kappa shape index (κ3) is 2.56. The summed E-state index contributed by atoms with van der Waals surface area (Å²) in [5.74, 6) is 0.599. The fraction of sp³-hybridized carbons (Fsp3) is 0.100. The Hall–Kier alpha value is -2.02. The summed E-state index contributed by atoms with van der Waals surface area (Å²) in [5, 5.41) is 9.08. The van der Waals surface area contributed by atoms with Gasteiger partial charge in [0.2, 0.25) is 0 Å². The lowest BCUT2D eigenvalue weighted by molar-refractivity contribution is 0.475. The Morgan fingerprint density at radius 1 is 1.29 bits per heavy atom. The molecule has 0 unspecified atom stereocenters. The minimum atomic E-state index is -3.66. The second kappa shape index (κ2) is 4.10. The Balaban J connectivity index is 2.26. The molecule has 0 amide bonds. The average molecular weight is 253 g/mol. The fourth-order valence-corrected chi connectivity index (χ4v) is 2.30. The monoisotopic (exact) mass is 253 g/mol. The highest BCUT2D eigenvalue weighted by Crippen LogP contribution is 2.17. The smallest absolute Gasteiger partial charge is 0.278 e. The minimum Gasteiger partial charge on any atom is -0.508 e. The lowest BCUT2D eigenvalue weighted by Gasteiger charge is -2.05. The molecule has 0 fully saturated rings. The molecule has 0 spiro atoms. The summed E-state index contributed by atoms with van der Waals surface area (Å²) >= 11 is 0. The molecule has 17 heavy (non-hydrogen) atoms. The van der Waals surface area contributed by atoms with Crippen LogP contribution in [0.15, 0.2) is 35.5 Å². The van der Waals surface area contributed by atoms with E-state index in [1.165, 1.54) is 30.5 Å². The molecule has 90 valence electrons. The number of benzene rings is 1. The van der Waals surface area contributed by atoms with Gasteiger partial charge in [-0.25, -0.2) is 4.98 Å². The number of anilines is 1. The molecule has 0 saturated heterocycles. The number of hydrogen-bond acceptors (Lipinski definition) is 4. The van der Waals surface area contributed by atoms with Crippen LogP contribution in [0, 0.1) is 6.92 Å². The molecule has 0 atom stereocenters. The van der Waals surface area contributed by atoms with Crippen molar-refractivity contribution in [1.29, 1.82) is 0 Å². The van der Waals surface area contributed by atoms with Crippen molar-refractivity contribution >= 4 is 15.7 Å². The largest absolute Gasteiger partial charge is 0.508 e. The number of nitrogens with one attached hydrogen (secondary N) is 2. The van der Waals surface area contributed by atoms with Gasteiger partial charge >= 0.3 is 0 Å². The quantitative estimate of drug-likeness (QED) is 0.717. The standard InChI is InChI=1S/C10H11N3O3S/c1-7-11-6-10(12-7)17(15,16)13-8-2-4-9(14)5-3-8/h2-6,13-14H,1H3,(H,11,12). The summed E-state index contributed by atoms with van der Waals surface area (Å²) < 4.78 is 26.1. The highest BCUT2D eigenvalue weighted by molar-refractivity contribution is 7.92. The normalized spacial score (nSPS) is 11.4. The average Bonchev–Trinajstić information content (AvgIpc) is 2.69. The van der Waals surface area contributed by atoms with Gasteiger partial charge < -0.3 is 10.1 Å². The molecule has 1 aromatic carbocycles. The number of rotatable bonds is 3. The predicted molar refractivity (Wildman–Crippen MR) is 62.2 cm³/mol. The number of imidazole rings is 1. The molecule has 1 aromatic heterocycles. The summed E-state index contributed by atoms with van der Waals surface area (Å²) in [6.07, 6.45) is 1.25. The predicted octanol–water partition coefficient (Wildman–Crippen LogP) is 1.22. The first-order chi connectivity index (χ1) is 7.97. The van der Waals surface area contributed by atoms with Crippen molar-refractivity contribution in [1.82, 2.24) is 9.97 Å². The van der Waals surface area contributed by atoms with Gasteiger partial charge in [0, 0.05) is 5.69 Å². The number of nitrogens with zero attached hydrogens (tertiary/aromatic N) is 1. The van der Waals surface area contributed by atoms with E-state index in [1.54, 1.807) is 6.92 Å². The maximum Gasteiger partial charge on any atom is 0.278 e. The van der Waals surface area contributed by atoms with Crippen LogP contribution in [0.2, 0.25) is 0 Å². The van der Waals surface area contributed by atoms with Crippen LogP contribution >= 0.6 is 0 Å². The van der Waals surface area contributed by atoms with E-state index in [1.807, 2.05) is 0 Å². The zero-order chi connectivity index (χ0) is 12.5. The molecular formula is C10H11N3O3S. The summed E-state index contributed by atoms with van der Waals surface area (Å²) in [6.45, 7) is 1.67. The van der Waals surface area contributed by atoms with Gasteiger partial charge in [-0.3, -0.25) is 4.72 Å². The van der Waals surface area contributed by atoms with Crippen LogP contribution in [0.5, 0.6) is 5.75 Å². The SMILES string of the molecule is Cc1ncc(S(=O)(=O)Nc2ccc(O)cc2)[nH]1.